The van der Waals surface area contributed by atoms with Crippen molar-refractivity contribution in [3.8, 4) is 5.75 Å². The highest BCUT2D eigenvalue weighted by Crippen LogP contribution is 2.53. The van der Waals surface area contributed by atoms with Gasteiger partial charge >= 0.3 is 0 Å². The summed E-state index contributed by atoms with van der Waals surface area (Å²) in [5.74, 6) is -6.72. The van der Waals surface area contributed by atoms with Crippen molar-refractivity contribution in [2.24, 2.45) is 28.7 Å². The van der Waals surface area contributed by atoms with Gasteiger partial charge in [-0.1, -0.05) is 26.8 Å². The van der Waals surface area contributed by atoms with Crippen LogP contribution in [0.1, 0.15) is 54.7 Å². The molecule has 3 aliphatic rings. The lowest BCUT2D eigenvalue weighted by molar-refractivity contribution is -0.148. The third-order valence-electron chi connectivity index (χ3n) is 7.91. The molecule has 36 heavy (non-hydrogen) atoms. The Balaban J connectivity index is 1.96. The van der Waals surface area contributed by atoms with Crippen LogP contribution in [-0.2, 0) is 16.0 Å². The molecule has 1 unspecified atom stereocenters. The van der Waals surface area contributed by atoms with E-state index in [4.69, 9.17) is 11.5 Å². The molecule has 0 radical (unpaired) electrons. The van der Waals surface area contributed by atoms with Crippen molar-refractivity contribution >= 4 is 17.5 Å². The topological polar surface area (TPSA) is 187 Å². The average molecular weight is 500 g/mol. The molecule has 1 aromatic carbocycles. The van der Waals surface area contributed by atoms with Crippen LogP contribution in [0.4, 0.5) is 0 Å². The molecule has 0 saturated carbocycles. The molecule has 0 fully saturated rings. The van der Waals surface area contributed by atoms with Gasteiger partial charge in [0.1, 0.15) is 22.8 Å². The van der Waals surface area contributed by atoms with Crippen molar-refractivity contribution in [3.05, 3.63) is 51.5 Å². The fraction of sp³-hybridized carbons (Fsp3) is 0.500. The molecule has 0 aromatic heterocycles. The van der Waals surface area contributed by atoms with Gasteiger partial charge in [0, 0.05) is 17.5 Å². The van der Waals surface area contributed by atoms with Gasteiger partial charge in [0.15, 0.2) is 11.4 Å². The predicted molar refractivity (Wildman–Crippen MR) is 130 cm³/mol. The Bertz CT molecular complexity index is 1260. The highest BCUT2D eigenvalue weighted by Gasteiger charge is 2.63. The van der Waals surface area contributed by atoms with Gasteiger partial charge in [-0.2, -0.15) is 0 Å². The summed E-state index contributed by atoms with van der Waals surface area (Å²) in [5.41, 5.74) is 9.05. The van der Waals surface area contributed by atoms with E-state index in [1.807, 2.05) is 20.8 Å². The minimum atomic E-state index is -2.65. The summed E-state index contributed by atoms with van der Waals surface area (Å²) in [6.07, 6.45) is 0.244. The summed E-state index contributed by atoms with van der Waals surface area (Å²) in [7, 11) is 3.18. The second kappa shape index (κ2) is 8.16. The SMILES string of the molecule is CN(C)[C@@H]1C(O)=C(C(N)=O)C(=O)[C@@]2(O)C(O)=C3C(=O)c4c(O)ccc(C(N)C(C)(C)C)c4C[C@H]3C[C@@H]12. The maximum atomic E-state index is 13.7. The van der Waals surface area contributed by atoms with E-state index in [-0.39, 0.29) is 35.1 Å². The Morgan fingerprint density at radius 3 is 2.31 bits per heavy atom. The molecule has 1 aromatic rings. The number of primary amides is 1. The standard InChI is InChI=1S/C26H33N3O7/c1-25(2,3)21(27)11-6-7-14(30)16-12(11)8-10-9-13-18(29(4)5)20(32)17(24(28)35)23(34)26(13,36)22(33)15(10)19(16)31/h6-7,10,13,18,21,30,32-33,36H,8-9,27H2,1-5H3,(H2,28,35)/t10-,13-,18-,21?,26-/m0/s1. The molecule has 0 heterocycles. The number of phenols is 1. The summed E-state index contributed by atoms with van der Waals surface area (Å²) < 4.78 is 0. The van der Waals surface area contributed by atoms with E-state index in [1.165, 1.54) is 11.0 Å². The second-order valence-corrected chi connectivity index (χ2v) is 11.3. The van der Waals surface area contributed by atoms with Gasteiger partial charge in [-0.05, 0) is 55.5 Å². The van der Waals surface area contributed by atoms with Gasteiger partial charge in [-0.3, -0.25) is 19.3 Å². The number of nitrogens with zero attached hydrogens (tertiary/aromatic N) is 1. The number of phenolic OH excluding ortho intramolecular Hbond substituents is 1. The third-order valence-corrected chi connectivity index (χ3v) is 7.91. The monoisotopic (exact) mass is 499 g/mol. The number of hydrogen-bond acceptors (Lipinski definition) is 9. The first-order chi connectivity index (χ1) is 16.5. The number of aliphatic hydroxyl groups is 3. The first-order valence-corrected chi connectivity index (χ1v) is 11.8. The fourth-order valence-electron chi connectivity index (χ4n) is 6.03. The number of allylic oxidation sites excluding steroid dienone is 1. The van der Waals surface area contributed by atoms with Crippen LogP contribution in [0.3, 0.4) is 0 Å². The minimum absolute atomic E-state index is 0.0333. The predicted octanol–water partition coefficient (Wildman–Crippen LogP) is 1.17. The number of hydrogen-bond donors (Lipinski definition) is 6. The number of aliphatic hydroxyl groups excluding tert-OH is 2. The van der Waals surface area contributed by atoms with E-state index < -0.39 is 64.1 Å². The summed E-state index contributed by atoms with van der Waals surface area (Å²) in [6, 6.07) is 1.56. The minimum Gasteiger partial charge on any atom is -0.510 e. The van der Waals surface area contributed by atoms with Crippen molar-refractivity contribution in [1.29, 1.82) is 0 Å². The van der Waals surface area contributed by atoms with Gasteiger partial charge < -0.3 is 31.9 Å². The quantitative estimate of drug-likeness (QED) is 0.332. The fourth-order valence-corrected chi connectivity index (χ4v) is 6.03. The van der Waals surface area contributed by atoms with E-state index >= 15 is 0 Å². The maximum Gasteiger partial charge on any atom is 0.255 e. The van der Waals surface area contributed by atoms with Gasteiger partial charge in [0.2, 0.25) is 5.78 Å². The highest BCUT2D eigenvalue weighted by molar-refractivity contribution is 6.24. The summed E-state index contributed by atoms with van der Waals surface area (Å²) in [6.45, 7) is 5.88. The number of aromatic hydroxyl groups is 1. The number of rotatable bonds is 3. The molecule has 0 saturated heterocycles. The van der Waals surface area contributed by atoms with Gasteiger partial charge in [-0.15, -0.1) is 0 Å². The van der Waals surface area contributed by atoms with E-state index in [9.17, 15) is 34.8 Å². The van der Waals surface area contributed by atoms with Crippen LogP contribution >= 0.6 is 0 Å². The molecule has 1 amide bonds. The molecular weight excluding hydrogens is 466 g/mol. The molecule has 0 aliphatic heterocycles. The van der Waals surface area contributed by atoms with E-state index in [1.54, 1.807) is 20.2 Å². The lowest BCUT2D eigenvalue weighted by atomic mass is 9.58. The van der Waals surface area contributed by atoms with Crippen LogP contribution in [0.25, 0.3) is 0 Å². The Labute approximate surface area is 208 Å². The molecular formula is C26H33N3O7. The van der Waals surface area contributed by atoms with Crippen LogP contribution < -0.4 is 11.5 Å². The normalized spacial score (nSPS) is 29.2. The van der Waals surface area contributed by atoms with E-state index in [0.717, 1.165) is 0 Å². The van der Waals surface area contributed by atoms with Crippen molar-refractivity contribution in [2.75, 3.05) is 14.1 Å². The summed E-state index contributed by atoms with van der Waals surface area (Å²) >= 11 is 0. The first-order valence-electron chi connectivity index (χ1n) is 11.8. The van der Waals surface area contributed by atoms with Crippen molar-refractivity contribution < 1.29 is 34.8 Å². The van der Waals surface area contributed by atoms with Gasteiger partial charge in [0.25, 0.3) is 5.91 Å². The number of nitrogens with two attached hydrogens (primary N) is 2. The largest absolute Gasteiger partial charge is 0.510 e. The number of ketones is 2. The lowest BCUT2D eigenvalue weighted by Gasteiger charge is -2.50. The van der Waals surface area contributed by atoms with E-state index in [2.05, 4.69) is 0 Å². The third kappa shape index (κ3) is 3.39. The summed E-state index contributed by atoms with van der Waals surface area (Å²) in [5, 5.41) is 44.4. The highest BCUT2D eigenvalue weighted by atomic mass is 16.3. The second-order valence-electron chi connectivity index (χ2n) is 11.3. The molecule has 5 atom stereocenters. The Kier molecular flexibility index (Phi) is 5.86. The van der Waals surface area contributed by atoms with E-state index in [0.29, 0.717) is 11.1 Å². The molecule has 194 valence electrons. The van der Waals surface area contributed by atoms with Gasteiger partial charge in [0.05, 0.1) is 11.6 Å². The van der Waals surface area contributed by atoms with Crippen molar-refractivity contribution in [3.63, 3.8) is 0 Å². The van der Waals surface area contributed by atoms with Gasteiger partial charge in [-0.25, -0.2) is 0 Å². The maximum absolute atomic E-state index is 13.7. The number of benzene rings is 1. The van der Waals surface area contributed by atoms with Crippen LogP contribution in [0.15, 0.2) is 34.8 Å². The zero-order chi connectivity index (χ0) is 27.1. The number of Topliss-reactive ketones (excluding diaryl/α,β-unsaturated/α-hetero) is 2. The Hall–Kier alpha value is -3.21. The zero-order valence-corrected chi connectivity index (χ0v) is 21.0. The number of amides is 1. The number of carbonyl (C=O) groups excluding carboxylic acids is 3. The summed E-state index contributed by atoms with van der Waals surface area (Å²) in [4.78, 5) is 40.6. The van der Waals surface area contributed by atoms with Crippen LogP contribution in [0, 0.1) is 17.3 Å². The lowest BCUT2D eigenvalue weighted by Crippen LogP contribution is -2.63. The van der Waals surface area contributed by atoms with Crippen molar-refractivity contribution in [1.82, 2.24) is 4.90 Å². The molecule has 0 spiro atoms. The molecule has 10 nitrogen and oxygen atoms in total. The zero-order valence-electron chi connectivity index (χ0n) is 21.0. The molecule has 0 bridgehead atoms. The number of fused-ring (bicyclic) bond motifs is 3. The number of carbonyl (C=O) groups is 3. The molecule has 4 rings (SSSR count). The Morgan fingerprint density at radius 1 is 1.17 bits per heavy atom. The Morgan fingerprint density at radius 2 is 1.78 bits per heavy atom. The first kappa shape index (κ1) is 25.9. The molecule has 10 heteroatoms. The smallest absolute Gasteiger partial charge is 0.255 e. The van der Waals surface area contributed by atoms with Crippen molar-refractivity contribution in [2.45, 2.75) is 51.3 Å². The molecule has 3 aliphatic carbocycles. The van der Waals surface area contributed by atoms with Crippen LogP contribution in [-0.4, -0.2) is 68.5 Å². The van der Waals surface area contributed by atoms with Crippen LogP contribution in [0.5, 0.6) is 5.75 Å². The van der Waals surface area contributed by atoms with Crippen LogP contribution in [0.2, 0.25) is 0 Å². The average Bonchev–Trinajstić information content (AvgIpc) is 2.75. The molecule has 8 N–H and O–H groups in total. The number of likely N-dealkylation sites (N-methyl/N-ethyl adjacent to an activating group) is 1.